The van der Waals surface area contributed by atoms with Gasteiger partial charge in [-0.25, -0.2) is 8.42 Å². The molecule has 204 valence electrons. The number of nitrogens with zero attached hydrogens (tertiary/aromatic N) is 4. The average Bonchev–Trinajstić information content (AvgIpc) is 3.15. The first-order chi connectivity index (χ1) is 18.1. The molecule has 38 heavy (non-hydrogen) atoms. The van der Waals surface area contributed by atoms with Crippen LogP contribution in [0.1, 0.15) is 32.6 Å². The largest absolute Gasteiger partial charge is 0.355 e. The second kappa shape index (κ2) is 11.3. The summed E-state index contributed by atoms with van der Waals surface area (Å²) in [5.41, 5.74) is -0.696. The van der Waals surface area contributed by atoms with Crippen molar-refractivity contribution in [2.24, 2.45) is 0 Å². The Morgan fingerprint density at radius 2 is 1.84 bits per heavy atom. The lowest BCUT2D eigenvalue weighted by Gasteiger charge is -2.42. The van der Waals surface area contributed by atoms with Gasteiger partial charge in [0.2, 0.25) is 21.8 Å². The normalized spacial score (nSPS) is 17.7. The van der Waals surface area contributed by atoms with Gasteiger partial charge in [0.15, 0.2) is 0 Å². The third-order valence-corrected chi connectivity index (χ3v) is 9.28. The van der Waals surface area contributed by atoms with Gasteiger partial charge in [-0.1, -0.05) is 43.1 Å². The Hall–Kier alpha value is -3.22. The molecule has 2 amide bonds. The van der Waals surface area contributed by atoms with Gasteiger partial charge in [0, 0.05) is 31.4 Å². The molecule has 1 spiro atoms. The molecular formula is C25H30ClN5O6S. The van der Waals surface area contributed by atoms with Crippen molar-refractivity contribution in [3.05, 3.63) is 63.7 Å². The van der Waals surface area contributed by atoms with E-state index in [0.29, 0.717) is 6.54 Å². The minimum atomic E-state index is -4.06. The number of nitrogens with one attached hydrogen (secondary N) is 1. The summed E-state index contributed by atoms with van der Waals surface area (Å²) in [6.07, 6.45) is 2.19. The monoisotopic (exact) mass is 563 g/mol. The molecule has 0 radical (unpaired) electrons. The molecule has 2 saturated heterocycles. The Morgan fingerprint density at radius 1 is 1.16 bits per heavy atom. The molecule has 0 saturated carbocycles. The number of sulfonamides is 1. The number of nitro groups is 1. The standard InChI is InChI=1S/C25H30ClN5O6S/c1-2-3-13-27-23(32)17-28-18-30(19-7-5-4-6-8-19)25(24(28)33)11-14-29(15-12-25)38(36,37)20-9-10-21(26)22(16-20)31(34)35/h4-10,16H,2-3,11-15,17-18H2,1H3,(H,27,32). The van der Waals surface area contributed by atoms with Gasteiger partial charge in [-0.3, -0.25) is 19.7 Å². The van der Waals surface area contributed by atoms with E-state index in [1.807, 2.05) is 42.2 Å². The van der Waals surface area contributed by atoms with Gasteiger partial charge < -0.3 is 15.1 Å². The van der Waals surface area contributed by atoms with Crippen molar-refractivity contribution < 1.29 is 22.9 Å². The molecule has 2 fully saturated rings. The highest BCUT2D eigenvalue weighted by atomic mass is 35.5. The maximum Gasteiger partial charge on any atom is 0.289 e. The smallest absolute Gasteiger partial charge is 0.289 e. The molecule has 13 heteroatoms. The predicted molar refractivity (Wildman–Crippen MR) is 142 cm³/mol. The zero-order valence-electron chi connectivity index (χ0n) is 21.0. The fourth-order valence-corrected chi connectivity index (χ4v) is 6.64. The fraction of sp³-hybridized carbons (Fsp3) is 0.440. The number of nitro benzene ring substituents is 1. The van der Waals surface area contributed by atoms with Crippen LogP contribution in [0.5, 0.6) is 0 Å². The van der Waals surface area contributed by atoms with Crippen LogP contribution in [0.2, 0.25) is 5.02 Å². The van der Waals surface area contributed by atoms with Crippen LogP contribution in [0, 0.1) is 10.1 Å². The summed E-state index contributed by atoms with van der Waals surface area (Å²) in [6, 6.07) is 12.8. The van der Waals surface area contributed by atoms with Gasteiger partial charge in [0.25, 0.3) is 5.69 Å². The molecule has 2 heterocycles. The van der Waals surface area contributed by atoms with E-state index in [1.54, 1.807) is 0 Å². The number of rotatable bonds is 9. The van der Waals surface area contributed by atoms with Crippen molar-refractivity contribution in [2.75, 3.05) is 37.7 Å². The second-order valence-electron chi connectivity index (χ2n) is 9.42. The number of benzene rings is 2. The minimum Gasteiger partial charge on any atom is -0.355 e. The second-order valence-corrected chi connectivity index (χ2v) is 11.8. The summed E-state index contributed by atoms with van der Waals surface area (Å²) < 4.78 is 27.9. The summed E-state index contributed by atoms with van der Waals surface area (Å²) >= 11 is 5.86. The summed E-state index contributed by atoms with van der Waals surface area (Å²) in [7, 11) is -4.06. The number of anilines is 1. The van der Waals surface area contributed by atoms with E-state index in [0.717, 1.165) is 24.6 Å². The highest BCUT2D eigenvalue weighted by Crippen LogP contribution is 2.40. The highest BCUT2D eigenvalue weighted by Gasteiger charge is 2.55. The highest BCUT2D eigenvalue weighted by molar-refractivity contribution is 7.89. The first-order valence-electron chi connectivity index (χ1n) is 12.4. The first kappa shape index (κ1) is 27.8. The molecule has 0 aliphatic carbocycles. The van der Waals surface area contributed by atoms with Gasteiger partial charge in [-0.2, -0.15) is 4.31 Å². The predicted octanol–water partition coefficient (Wildman–Crippen LogP) is 2.99. The van der Waals surface area contributed by atoms with E-state index in [1.165, 1.54) is 21.3 Å². The van der Waals surface area contributed by atoms with E-state index >= 15 is 0 Å². The number of piperidine rings is 1. The number of carbonyl (C=O) groups excluding carboxylic acids is 2. The van der Waals surface area contributed by atoms with Gasteiger partial charge >= 0.3 is 0 Å². The number of para-hydroxylation sites is 1. The topological polar surface area (TPSA) is 133 Å². The van der Waals surface area contributed by atoms with Crippen molar-refractivity contribution in [1.29, 1.82) is 0 Å². The number of amides is 2. The quantitative estimate of drug-likeness (QED) is 0.282. The maximum atomic E-state index is 13.8. The lowest BCUT2D eigenvalue weighted by molar-refractivity contribution is -0.384. The van der Waals surface area contributed by atoms with E-state index in [9.17, 15) is 28.1 Å². The molecule has 1 N–H and O–H groups in total. The van der Waals surface area contributed by atoms with E-state index in [4.69, 9.17) is 11.6 Å². The number of unbranched alkanes of at least 4 members (excludes halogenated alkanes) is 1. The molecule has 0 unspecified atom stereocenters. The van der Waals surface area contributed by atoms with Crippen molar-refractivity contribution in [2.45, 2.75) is 43.0 Å². The molecule has 2 aliphatic rings. The molecule has 0 atom stereocenters. The lowest BCUT2D eigenvalue weighted by atomic mass is 9.86. The Bertz CT molecular complexity index is 1310. The molecule has 2 aliphatic heterocycles. The van der Waals surface area contributed by atoms with E-state index in [2.05, 4.69) is 5.32 Å². The van der Waals surface area contributed by atoms with Crippen LogP contribution < -0.4 is 10.2 Å². The number of halogens is 1. The molecule has 2 aromatic rings. The molecule has 11 nitrogen and oxygen atoms in total. The summed E-state index contributed by atoms with van der Waals surface area (Å²) in [6.45, 7) is 2.76. The average molecular weight is 564 g/mol. The lowest BCUT2D eigenvalue weighted by Crippen LogP contribution is -2.57. The Labute approximate surface area is 226 Å². The SMILES string of the molecule is CCCCNC(=O)CN1CN(c2ccccc2)C2(CCN(S(=O)(=O)c3ccc(Cl)c([N+](=O)[O-])c3)CC2)C1=O. The van der Waals surface area contributed by atoms with Crippen molar-refractivity contribution in [3.8, 4) is 0 Å². The van der Waals surface area contributed by atoms with Crippen LogP contribution in [-0.4, -0.2) is 72.7 Å². The van der Waals surface area contributed by atoms with Crippen LogP contribution in [0.15, 0.2) is 53.4 Å². The van der Waals surface area contributed by atoms with Crippen LogP contribution in [0.4, 0.5) is 11.4 Å². The van der Waals surface area contributed by atoms with Crippen LogP contribution in [0.3, 0.4) is 0 Å². The van der Waals surface area contributed by atoms with Crippen LogP contribution in [0.25, 0.3) is 0 Å². The summed E-state index contributed by atoms with van der Waals surface area (Å²) in [5.74, 6) is -0.451. The maximum absolute atomic E-state index is 13.8. The zero-order chi connectivity index (χ0) is 27.5. The van der Waals surface area contributed by atoms with Crippen LogP contribution in [-0.2, 0) is 19.6 Å². The van der Waals surface area contributed by atoms with E-state index in [-0.39, 0.29) is 60.9 Å². The van der Waals surface area contributed by atoms with Gasteiger partial charge in [-0.15, -0.1) is 0 Å². The molecule has 0 bridgehead atoms. The van der Waals surface area contributed by atoms with Crippen molar-refractivity contribution >= 4 is 44.8 Å². The van der Waals surface area contributed by atoms with Gasteiger partial charge in [0.1, 0.15) is 17.1 Å². The minimum absolute atomic E-state index is 0.0321. The third-order valence-electron chi connectivity index (χ3n) is 7.07. The van der Waals surface area contributed by atoms with Gasteiger partial charge in [-0.05, 0) is 43.5 Å². The Kier molecular flexibility index (Phi) is 8.24. The molecular weight excluding hydrogens is 534 g/mol. The van der Waals surface area contributed by atoms with Crippen molar-refractivity contribution in [3.63, 3.8) is 0 Å². The molecule has 0 aromatic heterocycles. The Morgan fingerprint density at radius 3 is 2.47 bits per heavy atom. The van der Waals surface area contributed by atoms with Crippen LogP contribution >= 0.6 is 11.6 Å². The van der Waals surface area contributed by atoms with E-state index < -0.39 is 26.2 Å². The third kappa shape index (κ3) is 5.33. The summed E-state index contributed by atoms with van der Waals surface area (Å²) in [5, 5.41) is 14.0. The summed E-state index contributed by atoms with van der Waals surface area (Å²) in [4.78, 5) is 40.0. The number of carbonyl (C=O) groups is 2. The Balaban J connectivity index is 1.56. The molecule has 4 rings (SSSR count). The van der Waals surface area contributed by atoms with Crippen molar-refractivity contribution in [1.82, 2.24) is 14.5 Å². The van der Waals surface area contributed by atoms with Gasteiger partial charge in [0.05, 0.1) is 16.5 Å². The first-order valence-corrected chi connectivity index (χ1v) is 14.2. The fourth-order valence-electron chi connectivity index (χ4n) is 4.99. The number of hydrogen-bond donors (Lipinski definition) is 1. The number of hydrogen-bond acceptors (Lipinski definition) is 7. The zero-order valence-corrected chi connectivity index (χ0v) is 22.6. The molecule has 2 aromatic carbocycles.